The normalized spacial score (nSPS) is 16.5. The van der Waals surface area contributed by atoms with Gasteiger partial charge in [-0.3, -0.25) is 14.6 Å². The number of rotatable bonds is 7. The van der Waals surface area contributed by atoms with Gasteiger partial charge < -0.3 is 14.6 Å². The van der Waals surface area contributed by atoms with E-state index >= 15 is 0 Å². The highest BCUT2D eigenvalue weighted by molar-refractivity contribution is 6.36. The van der Waals surface area contributed by atoms with Gasteiger partial charge in [-0.15, -0.1) is 0 Å². The van der Waals surface area contributed by atoms with Crippen LogP contribution in [-0.4, -0.2) is 70.1 Å². The van der Waals surface area contributed by atoms with Crippen LogP contribution in [0, 0.1) is 0 Å². The molecule has 0 bridgehead atoms. The van der Waals surface area contributed by atoms with Crippen molar-refractivity contribution >= 4 is 40.0 Å². The van der Waals surface area contributed by atoms with Crippen LogP contribution in [0.15, 0.2) is 37.1 Å². The fourth-order valence-corrected chi connectivity index (χ4v) is 5.35. The average Bonchev–Trinajstić information content (AvgIpc) is 3.68. The highest BCUT2D eigenvalue weighted by Gasteiger charge is 2.30. The molecular formula is C26H30ClFN10O. The van der Waals surface area contributed by atoms with Crippen molar-refractivity contribution in [3.8, 4) is 11.5 Å². The summed E-state index contributed by atoms with van der Waals surface area (Å²) in [5.74, 6) is 2.13. The predicted octanol–water partition coefficient (Wildman–Crippen LogP) is 4.91. The third kappa shape index (κ3) is 4.67. The van der Waals surface area contributed by atoms with Crippen LogP contribution >= 0.6 is 11.6 Å². The van der Waals surface area contributed by atoms with Crippen molar-refractivity contribution in [1.29, 1.82) is 0 Å². The molecule has 0 amide bonds. The third-order valence-electron chi connectivity index (χ3n) is 7.05. The number of nitrogens with one attached hydrogen (secondary N) is 1. The van der Waals surface area contributed by atoms with Crippen molar-refractivity contribution in [2.45, 2.75) is 38.6 Å². The molecule has 1 N–H and O–H groups in total. The monoisotopic (exact) mass is 552 g/mol. The Hall–Kier alpha value is -3.77. The molecule has 13 heteroatoms. The highest BCUT2D eigenvalue weighted by atomic mass is 35.5. The Morgan fingerprint density at radius 1 is 1.21 bits per heavy atom. The van der Waals surface area contributed by atoms with Gasteiger partial charge in [0.2, 0.25) is 5.95 Å². The molecule has 1 aliphatic rings. The van der Waals surface area contributed by atoms with E-state index < -0.39 is 0 Å². The van der Waals surface area contributed by atoms with Gasteiger partial charge in [0.15, 0.2) is 23.0 Å². The van der Waals surface area contributed by atoms with Gasteiger partial charge in [-0.1, -0.05) is 32.4 Å². The second-order valence-corrected chi connectivity index (χ2v) is 11.2. The standard InChI is InChI=1S/C26H30ClFN10O/c1-26(2,3)20-11-21(34-38(20)16-5-8-36(15-16)9-6-28)32-25-33-24-23(35(25)4)22(27)19(13-30-24)39-18-14-31-37-10-7-29-12-17(18)37/h7,10-14,16H,5-6,8-9,15H2,1-4H3,(H,30,32,33,34). The Balaban J connectivity index is 1.30. The molecule has 0 spiro atoms. The van der Waals surface area contributed by atoms with E-state index in [1.807, 2.05) is 11.6 Å². The summed E-state index contributed by atoms with van der Waals surface area (Å²) in [4.78, 5) is 15.4. The van der Waals surface area contributed by atoms with Gasteiger partial charge in [0.1, 0.15) is 22.7 Å². The minimum atomic E-state index is -0.336. The number of hydrogen-bond donors (Lipinski definition) is 1. The molecule has 11 nitrogen and oxygen atoms in total. The zero-order valence-electron chi connectivity index (χ0n) is 22.3. The lowest BCUT2D eigenvalue weighted by molar-refractivity contribution is 0.282. The molecule has 1 unspecified atom stereocenters. The molecule has 6 rings (SSSR count). The molecule has 39 heavy (non-hydrogen) atoms. The molecule has 1 aliphatic heterocycles. The number of fused-ring (bicyclic) bond motifs is 2. The first kappa shape index (κ1) is 25.5. The number of pyridine rings is 1. The van der Waals surface area contributed by atoms with Crippen LogP contribution in [0.4, 0.5) is 16.2 Å². The summed E-state index contributed by atoms with van der Waals surface area (Å²) in [6, 6.07) is 2.24. The van der Waals surface area contributed by atoms with Crippen molar-refractivity contribution in [1.82, 2.24) is 43.8 Å². The SMILES string of the molecule is Cn1c(Nc2cc(C(C)(C)C)n(C3CCN(CCF)C3)n2)nc2ncc(Oc3cnn4ccncc34)c(Cl)c21. The van der Waals surface area contributed by atoms with Gasteiger partial charge in [-0.05, 0) is 6.42 Å². The summed E-state index contributed by atoms with van der Waals surface area (Å²) in [5.41, 5.74) is 2.79. The molecule has 5 aromatic rings. The van der Waals surface area contributed by atoms with Crippen LogP contribution < -0.4 is 10.1 Å². The molecule has 1 atom stereocenters. The number of aromatic nitrogens is 8. The van der Waals surface area contributed by atoms with E-state index in [1.54, 1.807) is 35.5 Å². The number of likely N-dealkylation sites (tertiary alicyclic amines) is 1. The van der Waals surface area contributed by atoms with Gasteiger partial charge in [-0.25, -0.2) is 13.9 Å². The van der Waals surface area contributed by atoms with E-state index in [1.165, 1.54) is 0 Å². The molecule has 1 fully saturated rings. The largest absolute Gasteiger partial charge is 0.450 e. The number of anilines is 2. The van der Waals surface area contributed by atoms with Crippen LogP contribution in [0.25, 0.3) is 16.7 Å². The lowest BCUT2D eigenvalue weighted by Crippen LogP contribution is -2.26. The van der Waals surface area contributed by atoms with Crippen molar-refractivity contribution in [2.24, 2.45) is 7.05 Å². The topological polar surface area (TPSA) is 103 Å². The molecule has 204 valence electrons. The lowest BCUT2D eigenvalue weighted by Gasteiger charge is -2.23. The summed E-state index contributed by atoms with van der Waals surface area (Å²) < 4.78 is 24.6. The van der Waals surface area contributed by atoms with Gasteiger partial charge in [-0.2, -0.15) is 15.2 Å². The summed E-state index contributed by atoms with van der Waals surface area (Å²) in [7, 11) is 1.86. The number of nitrogens with zero attached hydrogens (tertiary/aromatic N) is 9. The molecule has 6 heterocycles. The number of imidazole rings is 1. The van der Waals surface area contributed by atoms with E-state index in [9.17, 15) is 4.39 Å². The summed E-state index contributed by atoms with van der Waals surface area (Å²) >= 11 is 6.80. The van der Waals surface area contributed by atoms with E-state index in [-0.39, 0.29) is 18.1 Å². The van der Waals surface area contributed by atoms with E-state index in [4.69, 9.17) is 21.4 Å². The first-order chi connectivity index (χ1) is 18.7. The summed E-state index contributed by atoms with van der Waals surface area (Å²) in [5, 5.41) is 12.9. The molecule has 0 radical (unpaired) electrons. The Kier molecular flexibility index (Phi) is 6.38. The Labute approximate surface area is 229 Å². The highest BCUT2D eigenvalue weighted by Crippen LogP contribution is 2.37. The lowest BCUT2D eigenvalue weighted by atomic mass is 9.91. The molecule has 0 saturated carbocycles. The van der Waals surface area contributed by atoms with Crippen LogP contribution in [0.5, 0.6) is 11.5 Å². The van der Waals surface area contributed by atoms with Gasteiger partial charge in [0.05, 0.1) is 24.6 Å². The molecular weight excluding hydrogens is 523 g/mol. The fraction of sp³-hybridized carbons (Fsp3) is 0.423. The Morgan fingerprint density at radius 3 is 2.85 bits per heavy atom. The Morgan fingerprint density at radius 2 is 2.05 bits per heavy atom. The van der Waals surface area contributed by atoms with Crippen LogP contribution in [0.3, 0.4) is 0 Å². The van der Waals surface area contributed by atoms with E-state index in [2.05, 4.69) is 61.8 Å². The maximum absolute atomic E-state index is 12.9. The van der Waals surface area contributed by atoms with Crippen molar-refractivity contribution in [3.63, 3.8) is 0 Å². The minimum Gasteiger partial charge on any atom is -0.450 e. The minimum absolute atomic E-state index is 0.127. The number of alkyl halides is 1. The molecule has 0 aromatic carbocycles. The van der Waals surface area contributed by atoms with Crippen molar-refractivity contribution < 1.29 is 9.13 Å². The first-order valence-electron chi connectivity index (χ1n) is 12.8. The smallest absolute Gasteiger partial charge is 0.210 e. The second-order valence-electron chi connectivity index (χ2n) is 10.8. The summed E-state index contributed by atoms with van der Waals surface area (Å²) in [6.07, 6.45) is 9.15. The number of halogens is 2. The predicted molar refractivity (Wildman–Crippen MR) is 147 cm³/mol. The Bertz CT molecular complexity index is 1650. The third-order valence-corrected chi connectivity index (χ3v) is 7.42. The number of aryl methyl sites for hydroxylation is 1. The zero-order valence-corrected chi connectivity index (χ0v) is 23.0. The first-order valence-corrected chi connectivity index (χ1v) is 13.2. The molecule has 1 saturated heterocycles. The van der Waals surface area contributed by atoms with Crippen molar-refractivity contribution in [2.75, 3.05) is 31.6 Å². The van der Waals surface area contributed by atoms with E-state index in [0.717, 1.165) is 25.2 Å². The zero-order chi connectivity index (χ0) is 27.3. The molecule has 0 aliphatic carbocycles. The average molecular weight is 553 g/mol. The van der Waals surface area contributed by atoms with Gasteiger partial charge in [0, 0.05) is 56.3 Å². The second kappa shape index (κ2) is 9.76. The number of ether oxygens (including phenoxy) is 1. The van der Waals surface area contributed by atoms with E-state index in [0.29, 0.717) is 51.5 Å². The van der Waals surface area contributed by atoms with Crippen LogP contribution in [-0.2, 0) is 12.5 Å². The summed E-state index contributed by atoms with van der Waals surface area (Å²) in [6.45, 7) is 8.27. The number of hydrogen-bond acceptors (Lipinski definition) is 8. The van der Waals surface area contributed by atoms with Crippen LogP contribution in [0.1, 0.15) is 38.9 Å². The quantitative estimate of drug-likeness (QED) is 0.304. The fourth-order valence-electron chi connectivity index (χ4n) is 5.05. The van der Waals surface area contributed by atoms with Crippen LogP contribution in [0.2, 0.25) is 5.02 Å². The maximum atomic E-state index is 12.9. The maximum Gasteiger partial charge on any atom is 0.210 e. The van der Waals surface area contributed by atoms with Gasteiger partial charge >= 0.3 is 0 Å². The van der Waals surface area contributed by atoms with Gasteiger partial charge in [0.25, 0.3) is 0 Å². The van der Waals surface area contributed by atoms with Crippen molar-refractivity contribution in [3.05, 3.63) is 47.8 Å². The molecule has 5 aromatic heterocycles.